The molecule has 3 amide bonds. The first kappa shape index (κ1) is 34.2. The van der Waals surface area contributed by atoms with Gasteiger partial charge in [-0.05, 0) is 64.2 Å². The van der Waals surface area contributed by atoms with Gasteiger partial charge < -0.3 is 20.3 Å². The van der Waals surface area contributed by atoms with E-state index in [0.717, 1.165) is 37.7 Å². The van der Waals surface area contributed by atoms with Crippen LogP contribution in [0.1, 0.15) is 118 Å². The van der Waals surface area contributed by atoms with Crippen molar-refractivity contribution >= 4 is 24.0 Å². The molecule has 1 aromatic rings. The summed E-state index contributed by atoms with van der Waals surface area (Å²) in [6, 6.07) is 5.79. The Morgan fingerprint density at radius 1 is 1.00 bits per heavy atom. The Morgan fingerprint density at radius 3 is 2.21 bits per heavy atom. The van der Waals surface area contributed by atoms with Crippen molar-refractivity contribution in [3.63, 3.8) is 0 Å². The van der Waals surface area contributed by atoms with Gasteiger partial charge in [0.15, 0.2) is 0 Å². The lowest BCUT2D eigenvalue weighted by Crippen LogP contribution is -2.55. The third kappa shape index (κ3) is 12.3. The zero-order chi connectivity index (χ0) is 29.6. The fourth-order valence-electron chi connectivity index (χ4n) is 4.42. The summed E-state index contributed by atoms with van der Waals surface area (Å²) < 4.78 is 5.49. The summed E-state index contributed by atoms with van der Waals surface area (Å²) in [7, 11) is 0. The number of hydrogen-bond donors (Lipinski definition) is 2. The number of nitrogens with one attached hydrogen (secondary N) is 2. The predicted molar refractivity (Wildman–Crippen MR) is 160 cm³/mol. The average molecular weight is 544 g/mol. The molecular formula is C32H53N3O4. The van der Waals surface area contributed by atoms with Crippen LogP contribution in [-0.2, 0) is 14.3 Å². The molecule has 2 N–H and O–H groups in total. The van der Waals surface area contributed by atoms with Crippen molar-refractivity contribution in [2.75, 3.05) is 6.54 Å². The summed E-state index contributed by atoms with van der Waals surface area (Å²) in [5.41, 5.74) is 0.882. The van der Waals surface area contributed by atoms with Crippen molar-refractivity contribution in [2.45, 2.75) is 124 Å². The second-order valence-corrected chi connectivity index (χ2v) is 11.7. The molecule has 0 saturated heterocycles. The Labute approximate surface area is 237 Å². The number of hydrogen-bond acceptors (Lipinski definition) is 4. The third-order valence-corrected chi connectivity index (χ3v) is 6.64. The van der Waals surface area contributed by atoms with Crippen LogP contribution < -0.4 is 10.6 Å². The van der Waals surface area contributed by atoms with Crippen LogP contribution in [0.15, 0.2) is 30.8 Å². The van der Waals surface area contributed by atoms with Crippen molar-refractivity contribution in [3.05, 3.63) is 42.0 Å². The largest absolute Gasteiger partial charge is 0.444 e. The lowest BCUT2D eigenvalue weighted by Gasteiger charge is -2.36. The smallest absolute Gasteiger partial charge is 0.408 e. The summed E-state index contributed by atoms with van der Waals surface area (Å²) in [5.74, 6) is -0.687. The normalized spacial score (nSPS) is 13.8. The second-order valence-electron chi connectivity index (χ2n) is 11.7. The molecule has 1 rings (SSSR count). The highest BCUT2D eigenvalue weighted by atomic mass is 16.6. The Bertz CT molecular complexity index is 922. The number of alkyl carbamates (subject to hydrolysis) is 1. The van der Waals surface area contributed by atoms with Gasteiger partial charge in [0.2, 0.25) is 11.8 Å². The van der Waals surface area contributed by atoms with Crippen LogP contribution in [0.4, 0.5) is 4.79 Å². The molecule has 0 fully saturated rings. The lowest BCUT2D eigenvalue weighted by molar-refractivity contribution is -0.143. The highest BCUT2D eigenvalue weighted by molar-refractivity contribution is 5.92. The number of carbonyl (C=O) groups is 3. The van der Waals surface area contributed by atoms with Crippen LogP contribution in [0.5, 0.6) is 0 Å². The van der Waals surface area contributed by atoms with E-state index in [1.54, 1.807) is 31.7 Å². The zero-order valence-electron chi connectivity index (χ0n) is 25.6. The van der Waals surface area contributed by atoms with Gasteiger partial charge in [-0.3, -0.25) is 9.59 Å². The predicted octanol–water partition coefficient (Wildman–Crippen LogP) is 7.02. The van der Waals surface area contributed by atoms with E-state index in [2.05, 4.69) is 24.1 Å². The van der Waals surface area contributed by atoms with Gasteiger partial charge in [-0.2, -0.15) is 0 Å². The molecule has 7 nitrogen and oxygen atoms in total. The first-order valence-corrected chi connectivity index (χ1v) is 14.7. The van der Waals surface area contributed by atoms with Crippen molar-refractivity contribution in [2.24, 2.45) is 5.92 Å². The molecule has 0 radical (unpaired) electrons. The van der Waals surface area contributed by atoms with Gasteiger partial charge >= 0.3 is 6.09 Å². The number of rotatable bonds is 16. The summed E-state index contributed by atoms with van der Waals surface area (Å²) >= 11 is 0. The molecular weight excluding hydrogens is 490 g/mol. The van der Waals surface area contributed by atoms with E-state index in [0.29, 0.717) is 18.5 Å². The molecule has 1 aromatic carbocycles. The molecule has 7 heteroatoms. The fraction of sp³-hybridized carbons (Fsp3) is 0.656. The summed E-state index contributed by atoms with van der Waals surface area (Å²) in [6.07, 6.45) is 8.07. The average Bonchev–Trinajstić information content (AvgIpc) is 2.86. The molecule has 3 unspecified atom stereocenters. The number of nitrogens with zero attached hydrogens (tertiary/aromatic N) is 1. The standard InChI is InChI=1S/C32H53N3O4/c1-10-13-14-15-16-17-21-35(30(37)27(24(6)11-2)34-31(38)39-32(7,8)9)28(29(36)33-23(4)5)26-20-18-19-25(12-3)22-26/h12,18-20,22-24,27-28H,3,10-11,13-17,21H2,1-2,4-9H3,(H,33,36)(H,34,38). The van der Waals surface area contributed by atoms with E-state index in [1.807, 2.05) is 52.0 Å². The van der Waals surface area contributed by atoms with Gasteiger partial charge in [0, 0.05) is 12.6 Å². The molecule has 0 heterocycles. The molecule has 0 aliphatic carbocycles. The number of benzene rings is 1. The lowest BCUT2D eigenvalue weighted by atomic mass is 9.95. The van der Waals surface area contributed by atoms with Gasteiger partial charge in [0.1, 0.15) is 17.7 Å². The summed E-state index contributed by atoms with van der Waals surface area (Å²) in [4.78, 5) is 42.5. The highest BCUT2D eigenvalue weighted by Crippen LogP contribution is 2.27. The van der Waals surface area contributed by atoms with Gasteiger partial charge in [-0.15, -0.1) is 0 Å². The van der Waals surface area contributed by atoms with Gasteiger partial charge in [0.05, 0.1) is 0 Å². The maximum Gasteiger partial charge on any atom is 0.408 e. The van der Waals surface area contributed by atoms with Crippen LogP contribution >= 0.6 is 0 Å². The summed E-state index contributed by atoms with van der Waals surface area (Å²) in [6.45, 7) is 19.5. The minimum absolute atomic E-state index is 0.0983. The van der Waals surface area contributed by atoms with E-state index < -0.39 is 23.8 Å². The molecule has 3 atom stereocenters. The Hall–Kier alpha value is -2.83. The first-order valence-electron chi connectivity index (χ1n) is 14.7. The summed E-state index contributed by atoms with van der Waals surface area (Å²) in [5, 5.41) is 5.85. The molecule has 0 bridgehead atoms. The molecule has 39 heavy (non-hydrogen) atoms. The minimum atomic E-state index is -0.845. The van der Waals surface area contributed by atoms with Crippen LogP contribution in [0, 0.1) is 5.92 Å². The topological polar surface area (TPSA) is 87.7 Å². The number of carbonyl (C=O) groups excluding carboxylic acids is 3. The number of amides is 3. The van der Waals surface area contributed by atoms with Crippen LogP contribution in [0.25, 0.3) is 6.08 Å². The van der Waals surface area contributed by atoms with Crippen LogP contribution in [-0.4, -0.2) is 47.0 Å². The van der Waals surface area contributed by atoms with Gasteiger partial charge in [-0.1, -0.05) is 90.2 Å². The van der Waals surface area contributed by atoms with Crippen molar-refractivity contribution in [1.29, 1.82) is 0 Å². The van der Waals surface area contributed by atoms with E-state index >= 15 is 0 Å². The monoisotopic (exact) mass is 543 g/mol. The van der Waals surface area contributed by atoms with Crippen molar-refractivity contribution in [3.8, 4) is 0 Å². The van der Waals surface area contributed by atoms with Crippen molar-refractivity contribution < 1.29 is 19.1 Å². The maximum absolute atomic E-state index is 14.3. The zero-order valence-corrected chi connectivity index (χ0v) is 25.6. The number of unbranched alkanes of at least 4 members (excludes halogenated alkanes) is 5. The molecule has 220 valence electrons. The molecule has 0 aliphatic rings. The SMILES string of the molecule is C=Cc1cccc(C(C(=O)NC(C)C)N(CCCCCCCC)C(=O)C(NC(=O)OC(C)(C)C)C(C)CC)c1. The first-order chi connectivity index (χ1) is 18.3. The molecule has 0 spiro atoms. The van der Waals surface area contributed by atoms with E-state index in [1.165, 1.54) is 6.42 Å². The molecule has 0 aromatic heterocycles. The Balaban J connectivity index is 3.50. The van der Waals surface area contributed by atoms with Gasteiger partial charge in [0.25, 0.3) is 0 Å². The van der Waals surface area contributed by atoms with E-state index in [9.17, 15) is 14.4 Å². The van der Waals surface area contributed by atoms with Crippen molar-refractivity contribution in [1.82, 2.24) is 15.5 Å². The fourth-order valence-corrected chi connectivity index (χ4v) is 4.42. The quantitative estimate of drug-likeness (QED) is 0.219. The van der Waals surface area contributed by atoms with Gasteiger partial charge in [-0.25, -0.2) is 4.79 Å². The minimum Gasteiger partial charge on any atom is -0.444 e. The molecule has 0 aliphatic heterocycles. The Kier molecular flexibility index (Phi) is 14.9. The highest BCUT2D eigenvalue weighted by Gasteiger charge is 2.38. The second kappa shape index (κ2) is 17.0. The maximum atomic E-state index is 14.3. The third-order valence-electron chi connectivity index (χ3n) is 6.64. The number of ether oxygens (including phenoxy) is 1. The van der Waals surface area contributed by atoms with E-state index in [4.69, 9.17) is 4.74 Å². The molecule has 0 saturated carbocycles. The Morgan fingerprint density at radius 2 is 1.64 bits per heavy atom. The van der Waals surface area contributed by atoms with Crippen LogP contribution in [0.3, 0.4) is 0 Å². The van der Waals surface area contributed by atoms with Crippen LogP contribution in [0.2, 0.25) is 0 Å². The van der Waals surface area contributed by atoms with E-state index in [-0.39, 0.29) is 23.8 Å².